The second-order valence-electron chi connectivity index (χ2n) is 4.90. The Morgan fingerprint density at radius 1 is 1.30 bits per heavy atom. The molecule has 1 aromatic rings. The van der Waals surface area contributed by atoms with Crippen molar-refractivity contribution in [1.82, 2.24) is 4.90 Å². The zero-order chi connectivity index (χ0) is 14.2. The van der Waals surface area contributed by atoms with Crippen LogP contribution in [0.25, 0.3) is 0 Å². The van der Waals surface area contributed by atoms with Crippen LogP contribution in [0.5, 0.6) is 11.5 Å². The molecule has 0 aliphatic carbocycles. The van der Waals surface area contributed by atoms with Crippen molar-refractivity contribution in [2.75, 3.05) is 33.4 Å². The maximum absolute atomic E-state index is 8.67. The van der Waals surface area contributed by atoms with Crippen molar-refractivity contribution in [3.63, 3.8) is 0 Å². The van der Waals surface area contributed by atoms with Gasteiger partial charge in [-0.25, -0.2) is 0 Å². The second-order valence-corrected chi connectivity index (χ2v) is 4.90. The van der Waals surface area contributed by atoms with Crippen molar-refractivity contribution < 1.29 is 14.7 Å². The number of hydrogen-bond acceptors (Lipinski definition) is 5. The molecule has 110 valence electrons. The van der Waals surface area contributed by atoms with Crippen LogP contribution in [0.4, 0.5) is 0 Å². The van der Waals surface area contributed by atoms with E-state index in [1.807, 2.05) is 18.2 Å². The average Bonchev–Trinajstić information content (AvgIpc) is 2.50. The van der Waals surface area contributed by atoms with E-state index in [4.69, 9.17) is 14.7 Å². The molecule has 0 aromatic heterocycles. The number of methoxy groups -OCH3 is 1. The largest absolute Gasteiger partial charge is 0.497 e. The number of rotatable bonds is 6. The maximum atomic E-state index is 8.67. The monoisotopic (exact) mass is 278 g/mol. The number of oxime groups is 1. The predicted molar refractivity (Wildman–Crippen MR) is 78.2 cm³/mol. The quantitative estimate of drug-likeness (QED) is 0.493. The molecular weight excluding hydrogens is 256 g/mol. The SMILES string of the molecule is COc1ccc(C=NO)c(OCCN2CCCCC2)c1. The van der Waals surface area contributed by atoms with Gasteiger partial charge in [0.05, 0.1) is 13.3 Å². The second kappa shape index (κ2) is 7.75. The molecule has 20 heavy (non-hydrogen) atoms. The lowest BCUT2D eigenvalue weighted by atomic mass is 10.1. The van der Waals surface area contributed by atoms with Crippen molar-refractivity contribution in [3.05, 3.63) is 23.8 Å². The molecular formula is C15H22N2O3. The number of ether oxygens (including phenoxy) is 2. The van der Waals surface area contributed by atoms with Gasteiger partial charge in [0.1, 0.15) is 18.1 Å². The molecule has 1 saturated heterocycles. The highest BCUT2D eigenvalue weighted by atomic mass is 16.5. The summed E-state index contributed by atoms with van der Waals surface area (Å²) in [6.07, 6.45) is 5.27. The van der Waals surface area contributed by atoms with Crippen LogP contribution in [-0.4, -0.2) is 49.7 Å². The van der Waals surface area contributed by atoms with Crippen molar-refractivity contribution in [2.24, 2.45) is 5.16 Å². The third-order valence-corrected chi connectivity index (χ3v) is 3.53. The number of benzene rings is 1. The first-order chi connectivity index (χ1) is 9.83. The van der Waals surface area contributed by atoms with E-state index >= 15 is 0 Å². The molecule has 1 heterocycles. The van der Waals surface area contributed by atoms with Crippen LogP contribution in [0.2, 0.25) is 0 Å². The van der Waals surface area contributed by atoms with Gasteiger partial charge in [-0.15, -0.1) is 0 Å². The lowest BCUT2D eigenvalue weighted by Gasteiger charge is -2.26. The predicted octanol–water partition coefficient (Wildman–Crippen LogP) is 2.37. The third kappa shape index (κ3) is 4.13. The third-order valence-electron chi connectivity index (χ3n) is 3.53. The maximum Gasteiger partial charge on any atom is 0.131 e. The summed E-state index contributed by atoms with van der Waals surface area (Å²) in [7, 11) is 1.62. The molecule has 0 atom stereocenters. The van der Waals surface area contributed by atoms with E-state index < -0.39 is 0 Å². The van der Waals surface area contributed by atoms with E-state index in [1.54, 1.807) is 7.11 Å². The first-order valence-electron chi connectivity index (χ1n) is 7.04. The molecule has 0 radical (unpaired) electrons. The van der Waals surface area contributed by atoms with Gasteiger partial charge in [0.15, 0.2) is 0 Å². The topological polar surface area (TPSA) is 54.3 Å². The molecule has 0 amide bonds. The summed E-state index contributed by atoms with van der Waals surface area (Å²) in [5.74, 6) is 1.41. The minimum atomic E-state index is 0.624. The molecule has 5 nitrogen and oxygen atoms in total. The minimum Gasteiger partial charge on any atom is -0.497 e. The van der Waals surface area contributed by atoms with Gasteiger partial charge in [-0.1, -0.05) is 11.6 Å². The van der Waals surface area contributed by atoms with Crippen molar-refractivity contribution in [3.8, 4) is 11.5 Å². The van der Waals surface area contributed by atoms with Gasteiger partial charge in [0.2, 0.25) is 0 Å². The Morgan fingerprint density at radius 3 is 2.80 bits per heavy atom. The molecule has 5 heteroatoms. The Balaban J connectivity index is 1.92. The smallest absolute Gasteiger partial charge is 0.131 e. The Hall–Kier alpha value is -1.75. The summed E-state index contributed by atoms with van der Waals surface area (Å²) in [5.41, 5.74) is 0.743. The van der Waals surface area contributed by atoms with Gasteiger partial charge in [0.25, 0.3) is 0 Å². The number of hydrogen-bond donors (Lipinski definition) is 1. The zero-order valence-electron chi connectivity index (χ0n) is 11.9. The summed E-state index contributed by atoms with van der Waals surface area (Å²) >= 11 is 0. The lowest BCUT2D eigenvalue weighted by Crippen LogP contribution is -2.33. The molecule has 0 spiro atoms. The van der Waals surface area contributed by atoms with E-state index in [2.05, 4.69) is 10.1 Å². The first kappa shape index (κ1) is 14.7. The van der Waals surface area contributed by atoms with Crippen LogP contribution in [0, 0.1) is 0 Å². The highest BCUT2D eigenvalue weighted by molar-refractivity contribution is 5.83. The van der Waals surface area contributed by atoms with Gasteiger partial charge in [0, 0.05) is 18.2 Å². The highest BCUT2D eigenvalue weighted by Gasteiger charge is 2.10. The molecule has 1 fully saturated rings. The van der Waals surface area contributed by atoms with Gasteiger partial charge in [-0.3, -0.25) is 4.90 Å². The van der Waals surface area contributed by atoms with E-state index in [1.165, 1.54) is 25.5 Å². The summed E-state index contributed by atoms with van der Waals surface area (Å²) in [6, 6.07) is 5.44. The molecule has 1 aliphatic heterocycles. The Kier molecular flexibility index (Phi) is 5.68. The number of nitrogens with zero attached hydrogens (tertiary/aromatic N) is 2. The number of likely N-dealkylation sites (tertiary alicyclic amines) is 1. The molecule has 0 bridgehead atoms. The summed E-state index contributed by atoms with van der Waals surface area (Å²) < 4.78 is 11.0. The van der Waals surface area contributed by atoms with Gasteiger partial charge < -0.3 is 14.7 Å². The van der Waals surface area contributed by atoms with Crippen LogP contribution in [0.3, 0.4) is 0 Å². The van der Waals surface area contributed by atoms with E-state index in [-0.39, 0.29) is 0 Å². The minimum absolute atomic E-state index is 0.624. The van der Waals surface area contributed by atoms with E-state index in [0.29, 0.717) is 12.4 Å². The normalized spacial score (nSPS) is 16.4. The summed E-state index contributed by atoms with van der Waals surface area (Å²) in [6.45, 7) is 3.87. The Bertz CT molecular complexity index is 443. The van der Waals surface area contributed by atoms with Crippen LogP contribution in [0.1, 0.15) is 24.8 Å². The average molecular weight is 278 g/mol. The Morgan fingerprint density at radius 2 is 2.10 bits per heavy atom. The molecule has 2 rings (SSSR count). The first-order valence-corrected chi connectivity index (χ1v) is 7.04. The lowest BCUT2D eigenvalue weighted by molar-refractivity contribution is 0.183. The molecule has 0 saturated carbocycles. The van der Waals surface area contributed by atoms with E-state index in [9.17, 15) is 0 Å². The zero-order valence-corrected chi connectivity index (χ0v) is 11.9. The van der Waals surface area contributed by atoms with Crippen LogP contribution >= 0.6 is 0 Å². The van der Waals surface area contributed by atoms with E-state index in [0.717, 1.165) is 30.9 Å². The molecule has 1 aromatic carbocycles. The van der Waals surface area contributed by atoms with Gasteiger partial charge >= 0.3 is 0 Å². The van der Waals surface area contributed by atoms with Crippen molar-refractivity contribution in [1.29, 1.82) is 0 Å². The molecule has 1 aliphatic rings. The molecule has 0 unspecified atom stereocenters. The Labute approximate surface area is 119 Å². The highest BCUT2D eigenvalue weighted by Crippen LogP contribution is 2.23. The fourth-order valence-corrected chi connectivity index (χ4v) is 2.40. The molecule has 1 N–H and O–H groups in total. The van der Waals surface area contributed by atoms with Crippen LogP contribution in [0.15, 0.2) is 23.4 Å². The van der Waals surface area contributed by atoms with Crippen molar-refractivity contribution >= 4 is 6.21 Å². The van der Waals surface area contributed by atoms with Crippen LogP contribution in [-0.2, 0) is 0 Å². The summed E-state index contributed by atoms with van der Waals surface area (Å²) in [4.78, 5) is 2.42. The van der Waals surface area contributed by atoms with Crippen molar-refractivity contribution in [2.45, 2.75) is 19.3 Å². The number of piperidine rings is 1. The fraction of sp³-hybridized carbons (Fsp3) is 0.533. The fourth-order valence-electron chi connectivity index (χ4n) is 2.40. The standard InChI is InChI=1S/C15H22N2O3/c1-19-14-6-5-13(12-16-18)15(11-14)20-10-9-17-7-3-2-4-8-17/h5-6,11-12,18H,2-4,7-10H2,1H3. The van der Waals surface area contributed by atoms with Gasteiger partial charge in [-0.05, 0) is 38.1 Å². The summed E-state index contributed by atoms with van der Waals surface area (Å²) in [5, 5.41) is 11.7. The van der Waals surface area contributed by atoms with Crippen LogP contribution < -0.4 is 9.47 Å². The van der Waals surface area contributed by atoms with Gasteiger partial charge in [-0.2, -0.15) is 0 Å².